The number of H-pyrrole nitrogens is 1. The second-order valence-corrected chi connectivity index (χ2v) is 5.70. The lowest BCUT2D eigenvalue weighted by atomic mass is 10.1. The highest BCUT2D eigenvalue weighted by atomic mass is 16.5. The van der Waals surface area contributed by atoms with Gasteiger partial charge in [-0.25, -0.2) is 0 Å². The maximum Gasteiger partial charge on any atom is 0.191 e. The summed E-state index contributed by atoms with van der Waals surface area (Å²) in [5.41, 5.74) is 2.32. The van der Waals surface area contributed by atoms with Gasteiger partial charge in [-0.3, -0.25) is 4.99 Å². The topological polar surface area (TPSA) is 74.6 Å². The maximum atomic E-state index is 5.48. The summed E-state index contributed by atoms with van der Waals surface area (Å²) < 4.78 is 10.8. The number of rotatable bonds is 7. The van der Waals surface area contributed by atoms with Crippen molar-refractivity contribution in [3.63, 3.8) is 0 Å². The lowest BCUT2D eigenvalue weighted by molar-refractivity contribution is 0.419. The Morgan fingerprint density at radius 1 is 1.16 bits per heavy atom. The first-order chi connectivity index (χ1) is 12.3. The van der Waals surface area contributed by atoms with Crippen LogP contribution in [0.2, 0.25) is 0 Å². The molecule has 3 N–H and O–H groups in total. The van der Waals surface area contributed by atoms with Gasteiger partial charge in [0.25, 0.3) is 0 Å². The Hall–Kier alpha value is -2.89. The first kappa shape index (κ1) is 17.0. The number of ether oxygens (including phenoxy) is 1. The molecule has 2 heterocycles. The number of fused-ring (bicyclic) bond motifs is 1. The van der Waals surface area contributed by atoms with Crippen molar-refractivity contribution in [2.24, 2.45) is 4.99 Å². The molecule has 0 bridgehead atoms. The molecule has 0 fully saturated rings. The molecule has 0 aliphatic heterocycles. The second-order valence-electron chi connectivity index (χ2n) is 5.70. The zero-order valence-corrected chi connectivity index (χ0v) is 14.6. The van der Waals surface area contributed by atoms with Crippen molar-refractivity contribution >= 4 is 16.9 Å². The Balaban J connectivity index is 1.51. The summed E-state index contributed by atoms with van der Waals surface area (Å²) in [4.78, 5) is 7.55. The molecule has 6 heteroatoms. The largest absolute Gasteiger partial charge is 0.496 e. The number of aromatic nitrogens is 1. The van der Waals surface area contributed by atoms with Crippen LogP contribution in [0.1, 0.15) is 11.3 Å². The van der Waals surface area contributed by atoms with Crippen LogP contribution in [0.15, 0.2) is 52.2 Å². The average molecular weight is 340 g/mol. The molecule has 0 amide bonds. The van der Waals surface area contributed by atoms with Crippen LogP contribution in [-0.4, -0.2) is 38.2 Å². The van der Waals surface area contributed by atoms with Gasteiger partial charge >= 0.3 is 0 Å². The molecule has 0 aliphatic rings. The van der Waals surface area contributed by atoms with Gasteiger partial charge in [0.05, 0.1) is 13.4 Å². The van der Waals surface area contributed by atoms with Crippen LogP contribution in [0.25, 0.3) is 10.9 Å². The van der Waals surface area contributed by atoms with Crippen LogP contribution in [-0.2, 0) is 12.8 Å². The minimum absolute atomic E-state index is 0.772. The molecule has 0 atom stereocenters. The Bertz CT molecular complexity index is 821. The van der Waals surface area contributed by atoms with Crippen molar-refractivity contribution in [1.82, 2.24) is 15.6 Å². The third kappa shape index (κ3) is 4.15. The second kappa shape index (κ2) is 8.28. The fraction of sp³-hybridized carbons (Fsp3) is 0.316. The molecule has 3 rings (SSSR count). The highest BCUT2D eigenvalue weighted by Gasteiger charge is 2.09. The Morgan fingerprint density at radius 3 is 2.72 bits per heavy atom. The van der Waals surface area contributed by atoms with Gasteiger partial charge < -0.3 is 24.8 Å². The highest BCUT2D eigenvalue weighted by molar-refractivity contribution is 5.89. The average Bonchev–Trinajstić information content (AvgIpc) is 3.30. The summed E-state index contributed by atoms with van der Waals surface area (Å²) >= 11 is 0. The zero-order valence-electron chi connectivity index (χ0n) is 14.6. The molecule has 25 heavy (non-hydrogen) atoms. The Labute approximate surface area is 147 Å². The fourth-order valence-electron chi connectivity index (χ4n) is 2.88. The van der Waals surface area contributed by atoms with E-state index < -0.39 is 0 Å². The summed E-state index contributed by atoms with van der Waals surface area (Å²) in [5.74, 6) is 2.65. The molecule has 0 aliphatic carbocycles. The quantitative estimate of drug-likeness (QED) is 0.457. The molecule has 0 saturated heterocycles. The van der Waals surface area contributed by atoms with Crippen LogP contribution < -0.4 is 15.4 Å². The highest BCUT2D eigenvalue weighted by Crippen LogP contribution is 2.28. The normalized spacial score (nSPS) is 11.7. The summed E-state index contributed by atoms with van der Waals surface area (Å²) in [5, 5.41) is 7.78. The van der Waals surface area contributed by atoms with E-state index in [9.17, 15) is 0 Å². The Kier molecular flexibility index (Phi) is 5.61. The number of guanidine groups is 1. The summed E-state index contributed by atoms with van der Waals surface area (Å²) in [6.07, 6.45) is 5.44. The molecule has 0 saturated carbocycles. The minimum atomic E-state index is 0.772. The minimum Gasteiger partial charge on any atom is -0.496 e. The number of aromatic amines is 1. The SMILES string of the molecule is CN=C(NCCc1ccco1)NCCc1c[nH]c2cccc(OC)c12. The molecular formula is C19H24N4O2. The van der Waals surface area contributed by atoms with Gasteiger partial charge in [0.15, 0.2) is 5.96 Å². The summed E-state index contributed by atoms with van der Waals surface area (Å²) in [6.45, 7) is 1.56. The molecule has 132 valence electrons. The molecule has 0 radical (unpaired) electrons. The van der Waals surface area contributed by atoms with Crippen LogP contribution >= 0.6 is 0 Å². The summed E-state index contributed by atoms with van der Waals surface area (Å²) in [7, 11) is 3.48. The third-order valence-corrected chi connectivity index (χ3v) is 4.12. The van der Waals surface area contributed by atoms with Gasteiger partial charge in [-0.1, -0.05) is 6.07 Å². The number of methoxy groups -OCH3 is 1. The molecule has 2 aromatic heterocycles. The third-order valence-electron chi connectivity index (χ3n) is 4.12. The predicted molar refractivity (Wildman–Crippen MR) is 100 cm³/mol. The molecule has 0 unspecified atom stereocenters. The van der Waals surface area contributed by atoms with Gasteiger partial charge in [0.2, 0.25) is 0 Å². The number of nitrogens with one attached hydrogen (secondary N) is 3. The molecular weight excluding hydrogens is 316 g/mol. The van der Waals surface area contributed by atoms with Crippen molar-refractivity contribution in [3.8, 4) is 5.75 Å². The van der Waals surface area contributed by atoms with E-state index in [0.717, 1.165) is 54.3 Å². The van der Waals surface area contributed by atoms with Crippen molar-refractivity contribution in [1.29, 1.82) is 0 Å². The van der Waals surface area contributed by atoms with Gasteiger partial charge in [-0.2, -0.15) is 0 Å². The predicted octanol–water partition coefficient (Wildman–Crippen LogP) is 2.72. The summed E-state index contributed by atoms with van der Waals surface area (Å²) in [6, 6.07) is 9.91. The standard InChI is InChI=1S/C19H24N4O2/c1-20-19(22-11-9-15-5-4-12-25-15)21-10-8-14-13-23-16-6-3-7-17(24-2)18(14)16/h3-7,12-13,23H,8-11H2,1-2H3,(H2,20,21,22). The van der Waals surface area contributed by atoms with E-state index in [1.807, 2.05) is 30.5 Å². The van der Waals surface area contributed by atoms with E-state index >= 15 is 0 Å². The van der Waals surface area contributed by atoms with Gasteiger partial charge in [-0.15, -0.1) is 0 Å². The first-order valence-electron chi connectivity index (χ1n) is 8.41. The van der Waals surface area contributed by atoms with Crippen LogP contribution in [0.5, 0.6) is 5.75 Å². The molecule has 0 spiro atoms. The monoisotopic (exact) mass is 340 g/mol. The van der Waals surface area contributed by atoms with Crippen LogP contribution in [0, 0.1) is 0 Å². The first-order valence-corrected chi connectivity index (χ1v) is 8.41. The van der Waals surface area contributed by atoms with Crippen LogP contribution in [0.4, 0.5) is 0 Å². The number of hydrogen-bond donors (Lipinski definition) is 3. The van der Waals surface area contributed by atoms with Crippen molar-refractivity contribution in [2.45, 2.75) is 12.8 Å². The van der Waals surface area contributed by atoms with Crippen molar-refractivity contribution in [3.05, 3.63) is 54.1 Å². The molecule has 3 aromatic rings. The van der Waals surface area contributed by atoms with E-state index in [1.165, 1.54) is 5.56 Å². The molecule has 1 aromatic carbocycles. The lowest BCUT2D eigenvalue weighted by Gasteiger charge is -2.11. The van der Waals surface area contributed by atoms with E-state index in [0.29, 0.717) is 0 Å². The van der Waals surface area contributed by atoms with Gasteiger partial charge in [-0.05, 0) is 36.2 Å². The van der Waals surface area contributed by atoms with Crippen LogP contribution in [0.3, 0.4) is 0 Å². The Morgan fingerprint density at radius 2 is 2.00 bits per heavy atom. The van der Waals surface area contributed by atoms with E-state index in [-0.39, 0.29) is 0 Å². The van der Waals surface area contributed by atoms with E-state index in [2.05, 4.69) is 26.7 Å². The lowest BCUT2D eigenvalue weighted by Crippen LogP contribution is -2.39. The molecule has 6 nitrogen and oxygen atoms in total. The van der Waals surface area contributed by atoms with Gasteiger partial charge in [0.1, 0.15) is 11.5 Å². The number of furan rings is 1. The maximum absolute atomic E-state index is 5.48. The van der Waals surface area contributed by atoms with Gasteiger partial charge in [0, 0.05) is 43.7 Å². The van der Waals surface area contributed by atoms with E-state index in [1.54, 1.807) is 20.4 Å². The number of hydrogen-bond acceptors (Lipinski definition) is 3. The number of nitrogens with zero attached hydrogens (tertiary/aromatic N) is 1. The smallest absolute Gasteiger partial charge is 0.191 e. The van der Waals surface area contributed by atoms with Crippen molar-refractivity contribution in [2.75, 3.05) is 27.2 Å². The zero-order chi connectivity index (χ0) is 17.5. The number of benzene rings is 1. The fourth-order valence-corrected chi connectivity index (χ4v) is 2.88. The van der Waals surface area contributed by atoms with E-state index in [4.69, 9.17) is 9.15 Å². The number of aliphatic imine (C=N–C) groups is 1. The van der Waals surface area contributed by atoms with Crippen molar-refractivity contribution < 1.29 is 9.15 Å².